The molecule has 3 nitrogen and oxygen atoms in total. The van der Waals surface area contributed by atoms with Crippen LogP contribution in [0.15, 0.2) is 54.6 Å². The van der Waals surface area contributed by atoms with E-state index in [-0.39, 0.29) is 24.4 Å². The summed E-state index contributed by atoms with van der Waals surface area (Å²) in [5, 5.41) is 3.13. The van der Waals surface area contributed by atoms with Crippen LogP contribution in [0.4, 0.5) is 0 Å². The van der Waals surface area contributed by atoms with Crippen LogP contribution in [0.1, 0.15) is 30.0 Å². The molecule has 3 N–H and O–H groups in total. The number of hydrogen-bond donors (Lipinski definition) is 2. The molecule has 3 rings (SSSR count). The molecule has 0 aromatic heterocycles. The Hall–Kier alpha value is -1.84. The number of benzene rings is 2. The van der Waals surface area contributed by atoms with E-state index in [0.29, 0.717) is 0 Å². The van der Waals surface area contributed by atoms with Gasteiger partial charge in [-0.1, -0.05) is 54.6 Å². The van der Waals surface area contributed by atoms with E-state index >= 15 is 0 Å². The van der Waals surface area contributed by atoms with Crippen molar-refractivity contribution in [2.45, 2.75) is 37.8 Å². The van der Waals surface area contributed by atoms with Crippen LogP contribution < -0.4 is 11.1 Å². The molecule has 2 aromatic carbocycles. The lowest BCUT2D eigenvalue weighted by Gasteiger charge is -2.30. The predicted molar refractivity (Wildman–Crippen MR) is 95.6 cm³/mol. The molecule has 0 spiro atoms. The molecule has 122 valence electrons. The first kappa shape index (κ1) is 17.5. The third kappa shape index (κ3) is 3.74. The zero-order valence-electron chi connectivity index (χ0n) is 13.3. The standard InChI is InChI=1S/C19H22N2O.ClH/c1-19(20,16-9-3-2-4-10-16)18(22)21-17-12-11-14-7-5-6-8-15(14)13-17;/h2-10,17H,11-13,20H2,1H3,(H,21,22);1H. The van der Waals surface area contributed by atoms with E-state index in [2.05, 4.69) is 29.6 Å². The Morgan fingerprint density at radius 1 is 1.09 bits per heavy atom. The number of nitrogens with two attached hydrogens (primary N) is 1. The molecule has 0 bridgehead atoms. The summed E-state index contributed by atoms with van der Waals surface area (Å²) in [5.74, 6) is -0.108. The van der Waals surface area contributed by atoms with Crippen molar-refractivity contribution < 1.29 is 4.79 Å². The third-order valence-corrected chi connectivity index (χ3v) is 4.53. The summed E-state index contributed by atoms with van der Waals surface area (Å²) in [5.41, 5.74) is 8.84. The molecule has 0 saturated carbocycles. The minimum Gasteiger partial charge on any atom is -0.351 e. The third-order valence-electron chi connectivity index (χ3n) is 4.53. The second-order valence-electron chi connectivity index (χ2n) is 6.25. The Labute approximate surface area is 143 Å². The van der Waals surface area contributed by atoms with Gasteiger partial charge in [0, 0.05) is 6.04 Å². The highest BCUT2D eigenvalue weighted by atomic mass is 35.5. The van der Waals surface area contributed by atoms with Gasteiger partial charge in [-0.25, -0.2) is 0 Å². The van der Waals surface area contributed by atoms with Crippen molar-refractivity contribution in [1.29, 1.82) is 0 Å². The monoisotopic (exact) mass is 330 g/mol. The highest BCUT2D eigenvalue weighted by molar-refractivity contribution is 5.87. The van der Waals surface area contributed by atoms with Crippen LogP contribution in [0, 0.1) is 0 Å². The molecule has 23 heavy (non-hydrogen) atoms. The number of halogens is 1. The van der Waals surface area contributed by atoms with Crippen molar-refractivity contribution >= 4 is 18.3 Å². The lowest BCUT2D eigenvalue weighted by atomic mass is 9.87. The van der Waals surface area contributed by atoms with Crippen molar-refractivity contribution in [1.82, 2.24) is 5.32 Å². The molecule has 0 aliphatic heterocycles. The molecule has 1 aliphatic carbocycles. The van der Waals surface area contributed by atoms with Gasteiger partial charge < -0.3 is 11.1 Å². The number of nitrogens with one attached hydrogen (secondary N) is 1. The second kappa shape index (κ2) is 7.16. The Morgan fingerprint density at radius 2 is 1.70 bits per heavy atom. The highest BCUT2D eigenvalue weighted by Crippen LogP contribution is 2.23. The molecule has 1 aliphatic rings. The van der Waals surface area contributed by atoms with Crippen molar-refractivity contribution in [3.05, 3.63) is 71.3 Å². The van der Waals surface area contributed by atoms with Crippen LogP contribution in [-0.4, -0.2) is 11.9 Å². The number of hydrogen-bond acceptors (Lipinski definition) is 2. The molecule has 2 unspecified atom stereocenters. The zero-order valence-corrected chi connectivity index (χ0v) is 14.1. The molecule has 0 saturated heterocycles. The van der Waals surface area contributed by atoms with Gasteiger partial charge in [0.1, 0.15) is 5.54 Å². The van der Waals surface area contributed by atoms with Crippen molar-refractivity contribution in [3.8, 4) is 0 Å². The molecule has 2 aromatic rings. The summed E-state index contributed by atoms with van der Waals surface area (Å²) in [6.45, 7) is 1.77. The maximum absolute atomic E-state index is 12.6. The van der Waals surface area contributed by atoms with Crippen LogP contribution >= 0.6 is 12.4 Å². The zero-order chi connectivity index (χ0) is 15.6. The van der Waals surface area contributed by atoms with E-state index < -0.39 is 5.54 Å². The van der Waals surface area contributed by atoms with E-state index in [4.69, 9.17) is 5.73 Å². The summed E-state index contributed by atoms with van der Waals surface area (Å²) >= 11 is 0. The summed E-state index contributed by atoms with van der Waals surface area (Å²) < 4.78 is 0. The topological polar surface area (TPSA) is 55.1 Å². The van der Waals surface area contributed by atoms with E-state index in [0.717, 1.165) is 24.8 Å². The van der Waals surface area contributed by atoms with Crippen molar-refractivity contribution in [3.63, 3.8) is 0 Å². The van der Waals surface area contributed by atoms with E-state index in [1.54, 1.807) is 6.92 Å². The second-order valence-corrected chi connectivity index (χ2v) is 6.25. The Bertz CT molecular complexity index is 670. The summed E-state index contributed by atoms with van der Waals surface area (Å²) in [6.07, 6.45) is 2.86. The van der Waals surface area contributed by atoms with Crippen LogP contribution in [-0.2, 0) is 23.2 Å². The summed E-state index contributed by atoms with van der Waals surface area (Å²) in [6, 6.07) is 18.1. The maximum Gasteiger partial charge on any atom is 0.244 e. The van der Waals surface area contributed by atoms with Gasteiger partial charge in [0.15, 0.2) is 0 Å². The van der Waals surface area contributed by atoms with Crippen LogP contribution in [0.2, 0.25) is 0 Å². The Morgan fingerprint density at radius 3 is 2.39 bits per heavy atom. The fraction of sp³-hybridized carbons (Fsp3) is 0.316. The highest BCUT2D eigenvalue weighted by Gasteiger charge is 2.32. The number of carbonyl (C=O) groups excluding carboxylic acids is 1. The van der Waals surface area contributed by atoms with Crippen LogP contribution in [0.25, 0.3) is 0 Å². The van der Waals surface area contributed by atoms with Gasteiger partial charge in [-0.05, 0) is 42.9 Å². The minimum absolute atomic E-state index is 0. The number of amides is 1. The normalized spacial score (nSPS) is 19.0. The first-order valence-corrected chi connectivity index (χ1v) is 7.79. The van der Waals surface area contributed by atoms with Gasteiger partial charge in [0.05, 0.1) is 0 Å². The quantitative estimate of drug-likeness (QED) is 0.909. The van der Waals surface area contributed by atoms with Gasteiger partial charge in [0.25, 0.3) is 0 Å². The number of fused-ring (bicyclic) bond motifs is 1. The Balaban J connectivity index is 0.00000192. The fourth-order valence-corrected chi connectivity index (χ4v) is 3.07. The molecule has 4 heteroatoms. The Kier molecular flexibility index (Phi) is 5.45. The summed E-state index contributed by atoms with van der Waals surface area (Å²) in [4.78, 5) is 12.6. The van der Waals surface area contributed by atoms with Gasteiger partial charge in [0.2, 0.25) is 5.91 Å². The van der Waals surface area contributed by atoms with Gasteiger partial charge in [-0.3, -0.25) is 4.79 Å². The van der Waals surface area contributed by atoms with Gasteiger partial charge >= 0.3 is 0 Å². The average molecular weight is 331 g/mol. The lowest BCUT2D eigenvalue weighted by molar-refractivity contribution is -0.126. The first-order valence-electron chi connectivity index (χ1n) is 7.79. The molecule has 0 heterocycles. The molecule has 0 fully saturated rings. The predicted octanol–water partition coefficient (Wildman–Crippen LogP) is 2.96. The fourth-order valence-electron chi connectivity index (χ4n) is 3.07. The molecular weight excluding hydrogens is 308 g/mol. The van der Waals surface area contributed by atoms with Crippen LogP contribution in [0.3, 0.4) is 0 Å². The lowest BCUT2D eigenvalue weighted by Crippen LogP contribution is -2.53. The average Bonchev–Trinajstić information content (AvgIpc) is 2.55. The SMILES string of the molecule is CC(N)(C(=O)NC1CCc2ccccc2C1)c1ccccc1.Cl. The van der Waals surface area contributed by atoms with E-state index in [1.165, 1.54) is 11.1 Å². The summed E-state index contributed by atoms with van der Waals surface area (Å²) in [7, 11) is 0. The smallest absolute Gasteiger partial charge is 0.244 e. The molecule has 1 amide bonds. The van der Waals surface area contributed by atoms with E-state index in [1.807, 2.05) is 30.3 Å². The van der Waals surface area contributed by atoms with Crippen molar-refractivity contribution in [2.75, 3.05) is 0 Å². The van der Waals surface area contributed by atoms with Crippen molar-refractivity contribution in [2.24, 2.45) is 5.73 Å². The van der Waals surface area contributed by atoms with E-state index in [9.17, 15) is 4.79 Å². The molecule has 2 atom stereocenters. The number of rotatable bonds is 3. The number of carbonyl (C=O) groups is 1. The minimum atomic E-state index is -1.00. The maximum atomic E-state index is 12.6. The number of aryl methyl sites for hydroxylation is 1. The largest absolute Gasteiger partial charge is 0.351 e. The molecular formula is C19H23ClN2O. The first-order chi connectivity index (χ1) is 10.6. The van der Waals surface area contributed by atoms with Crippen LogP contribution in [0.5, 0.6) is 0 Å². The molecule has 0 radical (unpaired) electrons. The van der Waals surface area contributed by atoms with Gasteiger partial charge in [-0.2, -0.15) is 0 Å². The van der Waals surface area contributed by atoms with Gasteiger partial charge in [-0.15, -0.1) is 12.4 Å².